The number of ether oxygens (including phenoxy) is 1. The zero-order chi connectivity index (χ0) is 16.7. The molecule has 0 saturated heterocycles. The average molecular weight is 325 g/mol. The maximum absolute atomic E-state index is 12.0. The molecule has 4 N–H and O–H groups in total. The van der Waals surface area contributed by atoms with Gasteiger partial charge in [0.1, 0.15) is 12.8 Å². The minimum Gasteiger partial charge on any atom is -0.394 e. The van der Waals surface area contributed by atoms with Crippen molar-refractivity contribution in [1.29, 1.82) is 0 Å². The number of aromatic amines is 1. The van der Waals surface area contributed by atoms with Gasteiger partial charge in [-0.05, 0) is 6.42 Å². The minimum absolute atomic E-state index is 0.0357. The van der Waals surface area contributed by atoms with Crippen LogP contribution in [0.3, 0.4) is 0 Å². The summed E-state index contributed by atoms with van der Waals surface area (Å²) in [5.41, 5.74) is 0.284. The Hall–Kier alpha value is -1.97. The van der Waals surface area contributed by atoms with Crippen molar-refractivity contribution < 1.29 is 14.9 Å². The van der Waals surface area contributed by atoms with Crippen LogP contribution in [0, 0.1) is 0 Å². The number of aliphatic hydroxyl groups is 2. The first-order valence-corrected chi connectivity index (χ1v) is 7.72. The number of imidazole rings is 1. The fraction of sp³-hybridized carbons (Fsp3) is 0.643. The summed E-state index contributed by atoms with van der Waals surface area (Å²) in [7, 11) is 0. The number of nitrogens with zero attached hydrogens (tertiary/aromatic N) is 3. The van der Waals surface area contributed by atoms with E-state index in [1.165, 1.54) is 6.33 Å². The Labute approximate surface area is 133 Å². The summed E-state index contributed by atoms with van der Waals surface area (Å²) >= 11 is 0. The lowest BCUT2D eigenvalue weighted by Gasteiger charge is -2.13. The summed E-state index contributed by atoms with van der Waals surface area (Å²) in [4.78, 5) is 23.0. The third-order valence-corrected chi connectivity index (χ3v) is 3.40. The van der Waals surface area contributed by atoms with Gasteiger partial charge in [-0.15, -0.1) is 0 Å². The molecule has 0 aromatic carbocycles. The predicted molar refractivity (Wildman–Crippen MR) is 85.2 cm³/mol. The number of hydrogen-bond donors (Lipinski definition) is 4. The fourth-order valence-electron chi connectivity index (χ4n) is 2.06. The Morgan fingerprint density at radius 3 is 2.87 bits per heavy atom. The van der Waals surface area contributed by atoms with Crippen molar-refractivity contribution in [3.8, 4) is 0 Å². The third kappa shape index (κ3) is 4.50. The van der Waals surface area contributed by atoms with E-state index in [0.717, 1.165) is 25.8 Å². The van der Waals surface area contributed by atoms with Crippen LogP contribution < -0.4 is 10.9 Å². The molecule has 2 aromatic heterocycles. The van der Waals surface area contributed by atoms with Gasteiger partial charge in [-0.2, -0.15) is 4.98 Å². The number of fused-ring (bicyclic) bond motifs is 1. The van der Waals surface area contributed by atoms with Gasteiger partial charge in [-0.3, -0.25) is 14.3 Å². The molecule has 0 amide bonds. The number of anilines is 1. The van der Waals surface area contributed by atoms with E-state index in [0.29, 0.717) is 11.6 Å². The van der Waals surface area contributed by atoms with Crippen molar-refractivity contribution in [2.45, 2.75) is 39.0 Å². The van der Waals surface area contributed by atoms with Crippen LogP contribution in [0.5, 0.6) is 0 Å². The second-order valence-corrected chi connectivity index (χ2v) is 5.22. The van der Waals surface area contributed by atoms with Crippen LogP contribution in [0.25, 0.3) is 11.2 Å². The second-order valence-electron chi connectivity index (χ2n) is 5.22. The SMILES string of the molecule is CCCCCNc1nc2c(ncn2COC(CO)CO)c(=O)[nH]1. The third-order valence-electron chi connectivity index (χ3n) is 3.40. The largest absolute Gasteiger partial charge is 0.394 e. The summed E-state index contributed by atoms with van der Waals surface area (Å²) in [6, 6.07) is 0. The van der Waals surface area contributed by atoms with Gasteiger partial charge in [0.2, 0.25) is 5.95 Å². The Kier molecular flexibility index (Phi) is 6.51. The van der Waals surface area contributed by atoms with Crippen LogP contribution in [0.4, 0.5) is 5.95 Å². The maximum Gasteiger partial charge on any atom is 0.280 e. The molecule has 2 rings (SSSR count). The zero-order valence-electron chi connectivity index (χ0n) is 13.2. The van der Waals surface area contributed by atoms with Crippen molar-refractivity contribution >= 4 is 17.1 Å². The van der Waals surface area contributed by atoms with Gasteiger partial charge < -0.3 is 20.3 Å². The van der Waals surface area contributed by atoms with Crippen LogP contribution >= 0.6 is 0 Å². The van der Waals surface area contributed by atoms with Crippen molar-refractivity contribution in [3.63, 3.8) is 0 Å². The van der Waals surface area contributed by atoms with E-state index in [4.69, 9.17) is 14.9 Å². The van der Waals surface area contributed by atoms with Gasteiger partial charge >= 0.3 is 0 Å². The lowest BCUT2D eigenvalue weighted by molar-refractivity contribution is -0.0488. The highest BCUT2D eigenvalue weighted by Gasteiger charge is 2.12. The molecule has 0 fully saturated rings. The minimum atomic E-state index is -0.680. The van der Waals surface area contributed by atoms with E-state index in [9.17, 15) is 4.79 Å². The fourth-order valence-corrected chi connectivity index (χ4v) is 2.06. The monoisotopic (exact) mass is 325 g/mol. The molecule has 0 spiro atoms. The summed E-state index contributed by atoms with van der Waals surface area (Å²) in [6.45, 7) is 2.30. The number of rotatable bonds is 10. The van der Waals surface area contributed by atoms with Crippen LogP contribution in [-0.4, -0.2) is 55.6 Å². The van der Waals surface area contributed by atoms with E-state index in [2.05, 4.69) is 27.2 Å². The first-order chi connectivity index (χ1) is 11.2. The van der Waals surface area contributed by atoms with Crippen molar-refractivity contribution in [2.24, 2.45) is 0 Å². The molecule has 9 heteroatoms. The van der Waals surface area contributed by atoms with Gasteiger partial charge in [0.15, 0.2) is 11.2 Å². The van der Waals surface area contributed by atoms with Crippen molar-refractivity contribution in [2.75, 3.05) is 25.1 Å². The molecule has 0 aliphatic rings. The van der Waals surface area contributed by atoms with Gasteiger partial charge in [-0.25, -0.2) is 4.98 Å². The van der Waals surface area contributed by atoms with Crippen LogP contribution in [0.2, 0.25) is 0 Å². The molecule has 0 aliphatic carbocycles. The molecule has 0 bridgehead atoms. The van der Waals surface area contributed by atoms with Gasteiger partial charge in [-0.1, -0.05) is 19.8 Å². The molecule has 23 heavy (non-hydrogen) atoms. The first kappa shape index (κ1) is 17.4. The summed E-state index contributed by atoms with van der Waals surface area (Å²) in [5.74, 6) is 0.390. The molecule has 2 heterocycles. The Morgan fingerprint density at radius 2 is 2.17 bits per heavy atom. The molecule has 128 valence electrons. The van der Waals surface area contributed by atoms with Crippen LogP contribution in [0.15, 0.2) is 11.1 Å². The number of hydrogen-bond acceptors (Lipinski definition) is 7. The number of unbranched alkanes of at least 4 members (excludes halogenated alkanes) is 2. The highest BCUT2D eigenvalue weighted by atomic mass is 16.5. The van der Waals surface area contributed by atoms with E-state index >= 15 is 0 Å². The molecular formula is C14H23N5O4. The Balaban J connectivity index is 2.13. The predicted octanol–water partition coefficient (Wildman–Crippen LogP) is 0.0490. The highest BCUT2D eigenvalue weighted by molar-refractivity contribution is 5.70. The summed E-state index contributed by atoms with van der Waals surface area (Å²) in [6.07, 6.45) is 3.98. The first-order valence-electron chi connectivity index (χ1n) is 7.72. The summed E-state index contributed by atoms with van der Waals surface area (Å²) in [5, 5.41) is 21.1. The van der Waals surface area contributed by atoms with Crippen LogP contribution in [-0.2, 0) is 11.5 Å². The Bertz CT molecular complexity index is 665. The van der Waals surface area contributed by atoms with E-state index in [1.54, 1.807) is 4.57 Å². The second kappa shape index (κ2) is 8.61. The molecule has 0 radical (unpaired) electrons. The van der Waals surface area contributed by atoms with Crippen molar-refractivity contribution in [3.05, 3.63) is 16.7 Å². The van der Waals surface area contributed by atoms with E-state index in [-0.39, 0.29) is 31.0 Å². The molecule has 0 unspecified atom stereocenters. The van der Waals surface area contributed by atoms with Gasteiger partial charge in [0.05, 0.1) is 19.5 Å². The van der Waals surface area contributed by atoms with Crippen LogP contribution in [0.1, 0.15) is 26.2 Å². The van der Waals surface area contributed by atoms with Gasteiger partial charge in [0.25, 0.3) is 5.56 Å². The zero-order valence-corrected chi connectivity index (χ0v) is 13.2. The lowest BCUT2D eigenvalue weighted by atomic mass is 10.2. The molecule has 2 aromatic rings. The normalized spacial score (nSPS) is 11.5. The average Bonchev–Trinajstić information content (AvgIpc) is 2.96. The van der Waals surface area contributed by atoms with E-state index in [1.807, 2.05) is 0 Å². The summed E-state index contributed by atoms with van der Waals surface area (Å²) < 4.78 is 6.89. The number of aromatic nitrogens is 4. The van der Waals surface area contributed by atoms with Crippen molar-refractivity contribution in [1.82, 2.24) is 19.5 Å². The maximum atomic E-state index is 12.0. The molecule has 0 aliphatic heterocycles. The Morgan fingerprint density at radius 1 is 1.39 bits per heavy atom. The highest BCUT2D eigenvalue weighted by Crippen LogP contribution is 2.09. The standard InChI is InChI=1S/C14H23N5O4/c1-2-3-4-5-15-14-17-12-11(13(22)18-14)16-8-19(12)9-23-10(6-20)7-21/h8,10,20-21H,2-7,9H2,1H3,(H2,15,17,18,22). The van der Waals surface area contributed by atoms with E-state index < -0.39 is 6.10 Å². The lowest BCUT2D eigenvalue weighted by Crippen LogP contribution is -2.23. The topological polar surface area (TPSA) is 125 Å². The molecule has 9 nitrogen and oxygen atoms in total. The molecular weight excluding hydrogens is 302 g/mol. The van der Waals surface area contributed by atoms with Gasteiger partial charge in [0, 0.05) is 6.54 Å². The molecule has 0 atom stereocenters. The number of aliphatic hydroxyl groups excluding tert-OH is 2. The molecule has 0 saturated carbocycles. The number of H-pyrrole nitrogens is 1. The quantitative estimate of drug-likeness (QED) is 0.455. The smallest absolute Gasteiger partial charge is 0.280 e. The number of nitrogens with one attached hydrogen (secondary N) is 2.